The molecule has 0 aliphatic rings. The SMILES string of the molecule is CCOC(=O)C(C)(CCc1nnc(-c2ccccc2)n1COCC[Si](C)(C)C)S(C)(=O)=O. The van der Waals surface area contributed by atoms with Gasteiger partial charge < -0.3 is 9.47 Å². The first kappa shape index (κ1) is 26.2. The first-order valence-electron chi connectivity index (χ1n) is 10.8. The molecule has 2 rings (SSSR count). The lowest BCUT2D eigenvalue weighted by Gasteiger charge is -2.25. The molecule has 0 saturated carbocycles. The first-order chi connectivity index (χ1) is 14.9. The van der Waals surface area contributed by atoms with E-state index in [1.807, 2.05) is 34.9 Å². The Bertz CT molecular complexity index is 1000. The zero-order valence-electron chi connectivity index (χ0n) is 19.9. The summed E-state index contributed by atoms with van der Waals surface area (Å²) in [4.78, 5) is 12.5. The molecule has 0 bridgehead atoms. The number of hydrogen-bond acceptors (Lipinski definition) is 7. The van der Waals surface area contributed by atoms with Crippen LogP contribution in [-0.2, 0) is 37.3 Å². The highest BCUT2D eigenvalue weighted by Crippen LogP contribution is 2.26. The molecule has 0 fully saturated rings. The lowest BCUT2D eigenvalue weighted by molar-refractivity contribution is -0.146. The highest BCUT2D eigenvalue weighted by molar-refractivity contribution is 7.92. The number of benzene rings is 1. The van der Waals surface area contributed by atoms with Crippen LogP contribution < -0.4 is 0 Å². The summed E-state index contributed by atoms with van der Waals surface area (Å²) in [6.45, 7) is 10.9. The summed E-state index contributed by atoms with van der Waals surface area (Å²) in [5, 5.41) is 8.64. The molecule has 0 amide bonds. The van der Waals surface area contributed by atoms with Crippen LogP contribution in [-0.4, -0.2) is 61.4 Å². The van der Waals surface area contributed by atoms with Gasteiger partial charge in [0.2, 0.25) is 0 Å². The van der Waals surface area contributed by atoms with E-state index in [4.69, 9.17) is 9.47 Å². The second-order valence-corrected chi connectivity index (χ2v) is 17.4. The number of nitrogens with zero attached hydrogens (tertiary/aromatic N) is 3. The Morgan fingerprint density at radius 3 is 2.38 bits per heavy atom. The highest BCUT2D eigenvalue weighted by atomic mass is 32.2. The molecular weight excluding hydrogens is 446 g/mol. The molecule has 0 aliphatic carbocycles. The second-order valence-electron chi connectivity index (χ2n) is 9.31. The Hall–Kier alpha value is -2.04. The van der Waals surface area contributed by atoms with Gasteiger partial charge in [0.25, 0.3) is 0 Å². The molecule has 0 aliphatic heterocycles. The Morgan fingerprint density at radius 2 is 1.81 bits per heavy atom. The van der Waals surface area contributed by atoms with Crippen molar-refractivity contribution in [2.45, 2.75) is 63.9 Å². The number of carbonyl (C=O) groups is 1. The smallest absolute Gasteiger partial charge is 0.327 e. The van der Waals surface area contributed by atoms with Gasteiger partial charge in [-0.2, -0.15) is 0 Å². The summed E-state index contributed by atoms with van der Waals surface area (Å²) < 4.78 is 36.1. The number of hydrogen-bond donors (Lipinski definition) is 0. The van der Waals surface area contributed by atoms with E-state index in [1.54, 1.807) is 6.92 Å². The fourth-order valence-electron chi connectivity index (χ4n) is 3.06. The van der Waals surface area contributed by atoms with Crippen LogP contribution in [0.5, 0.6) is 0 Å². The summed E-state index contributed by atoms with van der Waals surface area (Å²) in [5.74, 6) is 0.463. The minimum atomic E-state index is -3.71. The Balaban J connectivity index is 2.30. The first-order valence-corrected chi connectivity index (χ1v) is 16.4. The largest absolute Gasteiger partial charge is 0.465 e. The fourth-order valence-corrected chi connectivity index (χ4v) is 4.66. The van der Waals surface area contributed by atoms with Gasteiger partial charge in [0.05, 0.1) is 6.61 Å². The number of ether oxygens (including phenoxy) is 2. The molecule has 1 heterocycles. The van der Waals surface area contributed by atoms with E-state index in [0.717, 1.165) is 17.9 Å². The molecule has 0 spiro atoms. The lowest BCUT2D eigenvalue weighted by atomic mass is 10.0. The normalized spacial score (nSPS) is 14.2. The molecule has 0 radical (unpaired) electrons. The molecular formula is C22H35N3O5SSi. The Morgan fingerprint density at radius 1 is 1.16 bits per heavy atom. The van der Waals surface area contributed by atoms with Crippen LogP contribution in [0.4, 0.5) is 0 Å². The average molecular weight is 482 g/mol. The predicted octanol–water partition coefficient (Wildman–Crippen LogP) is 3.56. The highest BCUT2D eigenvalue weighted by Gasteiger charge is 2.45. The lowest BCUT2D eigenvalue weighted by Crippen LogP contribution is -2.45. The van der Waals surface area contributed by atoms with E-state index < -0.39 is 28.6 Å². The molecule has 1 aromatic carbocycles. The van der Waals surface area contributed by atoms with Crippen molar-refractivity contribution >= 4 is 23.9 Å². The minimum Gasteiger partial charge on any atom is -0.465 e. The van der Waals surface area contributed by atoms with Gasteiger partial charge >= 0.3 is 5.97 Å². The number of rotatable bonds is 12. The summed E-state index contributed by atoms with van der Waals surface area (Å²) >= 11 is 0. The van der Waals surface area contributed by atoms with Crippen LogP contribution >= 0.6 is 0 Å². The number of esters is 1. The van der Waals surface area contributed by atoms with Crippen LogP contribution in [0.15, 0.2) is 30.3 Å². The Labute approximate surface area is 192 Å². The summed E-state index contributed by atoms with van der Waals surface area (Å²) in [5.41, 5.74) is 0.885. The van der Waals surface area contributed by atoms with Gasteiger partial charge in [-0.25, -0.2) is 8.42 Å². The third-order valence-electron chi connectivity index (χ3n) is 5.43. The van der Waals surface area contributed by atoms with Crippen LogP contribution in [0.3, 0.4) is 0 Å². The van der Waals surface area contributed by atoms with Gasteiger partial charge in [0, 0.05) is 32.9 Å². The number of sulfone groups is 1. The molecule has 2 aromatic rings. The van der Waals surface area contributed by atoms with Crippen molar-refractivity contribution in [2.24, 2.45) is 0 Å². The van der Waals surface area contributed by atoms with E-state index in [1.165, 1.54) is 6.92 Å². The maximum absolute atomic E-state index is 12.5. The fraction of sp³-hybridized carbons (Fsp3) is 0.591. The van der Waals surface area contributed by atoms with Gasteiger partial charge in [-0.1, -0.05) is 50.0 Å². The maximum atomic E-state index is 12.5. The Kier molecular flexibility index (Phi) is 8.78. The molecule has 32 heavy (non-hydrogen) atoms. The van der Waals surface area contributed by atoms with Gasteiger partial charge in [-0.3, -0.25) is 9.36 Å². The third-order valence-corrected chi connectivity index (χ3v) is 9.14. The van der Waals surface area contributed by atoms with E-state index in [2.05, 4.69) is 29.8 Å². The van der Waals surface area contributed by atoms with Gasteiger partial charge in [-0.15, -0.1) is 10.2 Å². The van der Waals surface area contributed by atoms with Crippen molar-refractivity contribution in [3.63, 3.8) is 0 Å². The molecule has 0 saturated heterocycles. The van der Waals surface area contributed by atoms with Crippen molar-refractivity contribution < 1.29 is 22.7 Å². The van der Waals surface area contributed by atoms with Crippen LogP contribution in [0.1, 0.15) is 26.1 Å². The molecule has 1 atom stereocenters. The predicted molar refractivity (Wildman–Crippen MR) is 128 cm³/mol. The summed E-state index contributed by atoms with van der Waals surface area (Å²) in [7, 11) is -4.95. The van der Waals surface area contributed by atoms with Gasteiger partial charge in [0.1, 0.15) is 12.6 Å². The minimum absolute atomic E-state index is 0.0342. The third kappa shape index (κ3) is 6.73. The average Bonchev–Trinajstić information content (AvgIpc) is 3.11. The molecule has 8 nitrogen and oxygen atoms in total. The quantitative estimate of drug-likeness (QED) is 0.260. The molecule has 0 N–H and O–H groups in total. The molecule has 1 aromatic heterocycles. The zero-order valence-corrected chi connectivity index (χ0v) is 21.7. The summed E-state index contributed by atoms with van der Waals surface area (Å²) in [6.07, 6.45) is 1.33. The van der Waals surface area contributed by atoms with Crippen molar-refractivity contribution in [3.8, 4) is 11.4 Å². The van der Waals surface area contributed by atoms with Gasteiger partial charge in [-0.05, 0) is 26.3 Å². The van der Waals surface area contributed by atoms with Crippen molar-refractivity contribution in [1.29, 1.82) is 0 Å². The van der Waals surface area contributed by atoms with E-state index >= 15 is 0 Å². The molecule has 178 valence electrons. The van der Waals surface area contributed by atoms with E-state index in [-0.39, 0.29) is 26.2 Å². The number of aryl methyl sites for hydroxylation is 1. The topological polar surface area (TPSA) is 100 Å². The van der Waals surface area contributed by atoms with E-state index in [9.17, 15) is 13.2 Å². The monoisotopic (exact) mass is 481 g/mol. The van der Waals surface area contributed by atoms with Crippen LogP contribution in [0.25, 0.3) is 11.4 Å². The second kappa shape index (κ2) is 10.7. The van der Waals surface area contributed by atoms with Crippen molar-refractivity contribution in [2.75, 3.05) is 19.5 Å². The number of aromatic nitrogens is 3. The van der Waals surface area contributed by atoms with Crippen molar-refractivity contribution in [3.05, 3.63) is 36.2 Å². The maximum Gasteiger partial charge on any atom is 0.327 e. The van der Waals surface area contributed by atoms with Gasteiger partial charge in [0.15, 0.2) is 20.4 Å². The van der Waals surface area contributed by atoms with Crippen LogP contribution in [0, 0.1) is 0 Å². The molecule has 10 heteroatoms. The van der Waals surface area contributed by atoms with Crippen molar-refractivity contribution in [1.82, 2.24) is 14.8 Å². The number of carbonyl (C=O) groups excluding carboxylic acids is 1. The van der Waals surface area contributed by atoms with E-state index in [0.29, 0.717) is 18.3 Å². The van der Waals surface area contributed by atoms with Crippen LogP contribution in [0.2, 0.25) is 25.7 Å². The molecule has 1 unspecified atom stereocenters. The zero-order chi connectivity index (χ0) is 24.0. The summed E-state index contributed by atoms with van der Waals surface area (Å²) in [6, 6.07) is 10.7. The standard InChI is InChI=1S/C22H35N3O5SSi/c1-7-30-21(26)22(2,31(3,27)28)14-13-19-23-24-20(18-11-9-8-10-12-18)25(19)17-29-15-16-32(4,5)6/h8-12H,7,13-17H2,1-6H3.